The molecule has 0 fully saturated rings. The van der Waals surface area contributed by atoms with Crippen molar-refractivity contribution in [3.63, 3.8) is 0 Å². The van der Waals surface area contributed by atoms with Crippen LogP contribution in [0.3, 0.4) is 0 Å². The summed E-state index contributed by atoms with van der Waals surface area (Å²) in [4.78, 5) is 20.5. The highest BCUT2D eigenvalue weighted by Crippen LogP contribution is 2.09. The molecule has 0 atom stereocenters. The molecule has 0 saturated heterocycles. The maximum atomic E-state index is 11.1. The van der Waals surface area contributed by atoms with Gasteiger partial charge in [0, 0.05) is 12.3 Å². The molecule has 0 saturated carbocycles. The summed E-state index contributed by atoms with van der Waals surface area (Å²) in [7, 11) is 0. The highest BCUT2D eigenvalue weighted by atomic mass is 17.2. The fourth-order valence-electron chi connectivity index (χ4n) is 1.91. The first-order valence-corrected chi connectivity index (χ1v) is 8.21. The highest BCUT2D eigenvalue weighted by molar-refractivity contribution is 5.69. The van der Waals surface area contributed by atoms with E-state index in [9.17, 15) is 4.79 Å². The Hall–Kier alpha value is -1.65. The van der Waals surface area contributed by atoms with Crippen LogP contribution in [0.4, 0.5) is 0 Å². The Labute approximate surface area is 134 Å². The number of ether oxygens (including phenoxy) is 1. The van der Waals surface area contributed by atoms with Crippen LogP contribution in [-0.2, 0) is 19.3 Å². The quantitative estimate of drug-likeness (QED) is 0.160. The van der Waals surface area contributed by atoms with Gasteiger partial charge in [0.05, 0.1) is 13.2 Å². The van der Waals surface area contributed by atoms with Crippen LogP contribution in [0.5, 0.6) is 0 Å². The molecule has 22 heavy (non-hydrogen) atoms. The molecule has 0 aromatic heterocycles. The van der Waals surface area contributed by atoms with Crippen LogP contribution in [-0.4, -0.2) is 19.2 Å². The van der Waals surface area contributed by atoms with Gasteiger partial charge in [0.15, 0.2) is 6.11 Å². The third-order valence-electron chi connectivity index (χ3n) is 3.06. The predicted molar refractivity (Wildman–Crippen MR) is 86.4 cm³/mol. The van der Waals surface area contributed by atoms with Gasteiger partial charge < -0.3 is 4.74 Å². The fourth-order valence-corrected chi connectivity index (χ4v) is 1.91. The number of esters is 1. The number of hydrogen-bond donors (Lipinski definition) is 0. The van der Waals surface area contributed by atoms with E-state index < -0.39 is 0 Å². The van der Waals surface area contributed by atoms with Gasteiger partial charge >= 0.3 is 5.97 Å². The van der Waals surface area contributed by atoms with Crippen molar-refractivity contribution in [2.45, 2.75) is 71.1 Å². The lowest BCUT2D eigenvalue weighted by Crippen LogP contribution is -2.04. The Kier molecular flexibility index (Phi) is 16.1. The molecular formula is C18H28O4. The SMILES string of the molecule is C#CC#COOCCCCCCCCCCOC(=O)CCC. The van der Waals surface area contributed by atoms with Crippen molar-refractivity contribution in [2.75, 3.05) is 13.2 Å². The minimum atomic E-state index is -0.0704. The van der Waals surface area contributed by atoms with Gasteiger partial charge in [0.2, 0.25) is 0 Å². The average Bonchev–Trinajstić information content (AvgIpc) is 2.51. The van der Waals surface area contributed by atoms with E-state index in [2.05, 4.69) is 22.8 Å². The summed E-state index contributed by atoms with van der Waals surface area (Å²) in [5.74, 6) is 4.36. The molecule has 0 aliphatic rings. The topological polar surface area (TPSA) is 44.8 Å². The summed E-state index contributed by atoms with van der Waals surface area (Å²) in [5, 5.41) is 0. The molecule has 0 heterocycles. The van der Waals surface area contributed by atoms with Crippen LogP contribution in [0.15, 0.2) is 0 Å². The van der Waals surface area contributed by atoms with Crippen molar-refractivity contribution in [2.24, 2.45) is 0 Å². The Morgan fingerprint density at radius 3 is 2.14 bits per heavy atom. The second kappa shape index (κ2) is 17.4. The van der Waals surface area contributed by atoms with Crippen LogP contribution >= 0.6 is 0 Å². The molecule has 0 amide bonds. The minimum absolute atomic E-state index is 0.0704. The van der Waals surface area contributed by atoms with Gasteiger partial charge in [0.1, 0.15) is 0 Å². The molecule has 0 aliphatic carbocycles. The largest absolute Gasteiger partial charge is 0.466 e. The first kappa shape index (κ1) is 20.3. The zero-order chi connectivity index (χ0) is 16.3. The number of carbonyl (C=O) groups excluding carboxylic acids is 1. The summed E-state index contributed by atoms with van der Waals surface area (Å²) in [6.45, 7) is 3.09. The Bertz CT molecular complexity index is 360. The first-order valence-electron chi connectivity index (χ1n) is 8.21. The summed E-state index contributed by atoms with van der Waals surface area (Å²) in [6, 6.07) is 0. The molecule has 0 bridgehead atoms. The Balaban J connectivity index is 3.09. The number of unbranched alkanes of at least 4 members (excludes halogenated alkanes) is 7. The molecular weight excluding hydrogens is 280 g/mol. The van der Waals surface area contributed by atoms with Gasteiger partial charge in [-0.05, 0) is 25.2 Å². The van der Waals surface area contributed by atoms with Gasteiger partial charge in [0.25, 0.3) is 0 Å². The number of terminal acetylenes is 1. The summed E-state index contributed by atoms with van der Waals surface area (Å²) < 4.78 is 5.10. The Morgan fingerprint density at radius 1 is 0.955 bits per heavy atom. The summed E-state index contributed by atoms with van der Waals surface area (Å²) in [6.07, 6.45) is 17.6. The third-order valence-corrected chi connectivity index (χ3v) is 3.06. The summed E-state index contributed by atoms with van der Waals surface area (Å²) in [5.41, 5.74) is 0. The van der Waals surface area contributed by atoms with Crippen molar-refractivity contribution in [1.29, 1.82) is 0 Å². The van der Waals surface area contributed by atoms with E-state index in [1.807, 2.05) is 6.92 Å². The molecule has 0 spiro atoms. The lowest BCUT2D eigenvalue weighted by molar-refractivity contribution is -0.236. The molecule has 124 valence electrons. The van der Waals surface area contributed by atoms with Crippen LogP contribution in [0.25, 0.3) is 0 Å². The molecule has 0 aromatic carbocycles. The lowest BCUT2D eigenvalue weighted by Gasteiger charge is -2.04. The van der Waals surface area contributed by atoms with Crippen LogP contribution in [0, 0.1) is 24.4 Å². The highest BCUT2D eigenvalue weighted by Gasteiger charge is 1.99. The van der Waals surface area contributed by atoms with Crippen molar-refractivity contribution in [3.8, 4) is 24.4 Å². The predicted octanol–water partition coefficient (Wildman–Crippen LogP) is 3.99. The smallest absolute Gasteiger partial charge is 0.305 e. The van der Waals surface area contributed by atoms with E-state index in [1.54, 1.807) is 0 Å². The van der Waals surface area contributed by atoms with Crippen molar-refractivity contribution in [1.82, 2.24) is 0 Å². The molecule has 0 radical (unpaired) electrons. The maximum Gasteiger partial charge on any atom is 0.305 e. The average molecular weight is 308 g/mol. The third kappa shape index (κ3) is 16.4. The molecule has 0 unspecified atom stereocenters. The van der Waals surface area contributed by atoms with Gasteiger partial charge in [-0.25, -0.2) is 0 Å². The molecule has 0 aliphatic heterocycles. The van der Waals surface area contributed by atoms with E-state index in [0.717, 1.165) is 32.1 Å². The van der Waals surface area contributed by atoms with Gasteiger partial charge in [-0.2, -0.15) is 4.89 Å². The lowest BCUT2D eigenvalue weighted by atomic mass is 10.1. The number of carbonyl (C=O) groups is 1. The zero-order valence-electron chi connectivity index (χ0n) is 13.7. The van der Waals surface area contributed by atoms with Gasteiger partial charge in [-0.3, -0.25) is 9.68 Å². The van der Waals surface area contributed by atoms with E-state index in [4.69, 9.17) is 16.0 Å². The fraction of sp³-hybridized carbons (Fsp3) is 0.722. The van der Waals surface area contributed by atoms with Gasteiger partial charge in [-0.15, -0.1) is 6.42 Å². The normalized spacial score (nSPS) is 9.45. The summed E-state index contributed by atoms with van der Waals surface area (Å²) >= 11 is 0. The molecule has 0 aromatic rings. The molecule has 4 heteroatoms. The van der Waals surface area contributed by atoms with Crippen molar-refractivity contribution < 1.29 is 19.3 Å². The van der Waals surface area contributed by atoms with Crippen molar-refractivity contribution in [3.05, 3.63) is 0 Å². The standard InChI is InChI=1S/C18H28O4/c1-3-5-16-21-22-17-13-11-9-7-6-8-10-12-15-20-18(19)14-4-2/h1H,4,6-15,17H2,2H3. The van der Waals surface area contributed by atoms with E-state index in [0.29, 0.717) is 19.6 Å². The first-order chi connectivity index (χ1) is 10.8. The zero-order valence-corrected chi connectivity index (χ0v) is 13.7. The Morgan fingerprint density at radius 2 is 1.55 bits per heavy atom. The molecule has 0 N–H and O–H groups in total. The minimum Gasteiger partial charge on any atom is -0.466 e. The molecule has 0 rings (SSSR count). The van der Waals surface area contributed by atoms with Gasteiger partial charge in [-0.1, -0.05) is 45.4 Å². The van der Waals surface area contributed by atoms with Crippen LogP contribution in [0.2, 0.25) is 0 Å². The second-order valence-corrected chi connectivity index (χ2v) is 5.08. The second-order valence-electron chi connectivity index (χ2n) is 5.08. The number of hydrogen-bond acceptors (Lipinski definition) is 4. The van der Waals surface area contributed by atoms with Crippen molar-refractivity contribution >= 4 is 5.97 Å². The number of rotatable bonds is 14. The molecule has 4 nitrogen and oxygen atoms in total. The van der Waals surface area contributed by atoms with Crippen LogP contribution < -0.4 is 0 Å². The maximum absolute atomic E-state index is 11.1. The van der Waals surface area contributed by atoms with E-state index in [1.165, 1.54) is 25.7 Å². The van der Waals surface area contributed by atoms with E-state index >= 15 is 0 Å². The van der Waals surface area contributed by atoms with Crippen LogP contribution in [0.1, 0.15) is 71.1 Å². The van der Waals surface area contributed by atoms with E-state index in [-0.39, 0.29) is 5.97 Å². The monoisotopic (exact) mass is 308 g/mol.